The van der Waals surface area contributed by atoms with E-state index in [1.165, 1.54) is 23.5 Å². The third kappa shape index (κ3) is 2.53. The first-order chi connectivity index (χ1) is 11.6. The van der Waals surface area contributed by atoms with Gasteiger partial charge in [0.05, 0.1) is 10.2 Å². The van der Waals surface area contributed by atoms with Crippen LogP contribution in [-0.4, -0.2) is 4.98 Å². The molecule has 2 N–H and O–H groups in total. The first-order valence-electron chi connectivity index (χ1n) is 7.33. The molecule has 118 valence electrons. The van der Waals surface area contributed by atoms with Crippen molar-refractivity contribution in [1.82, 2.24) is 4.98 Å². The topological polar surface area (TPSA) is 38.9 Å². The third-order valence-electron chi connectivity index (χ3n) is 3.79. The molecular formula is C19H12F2N2S. The van der Waals surface area contributed by atoms with Gasteiger partial charge in [-0.3, -0.25) is 0 Å². The van der Waals surface area contributed by atoms with Crippen molar-refractivity contribution in [2.75, 3.05) is 5.73 Å². The van der Waals surface area contributed by atoms with Crippen LogP contribution in [0.25, 0.3) is 31.9 Å². The maximum Gasteiger partial charge on any atom is 0.133 e. The molecule has 0 amide bonds. The molecule has 0 aliphatic carbocycles. The van der Waals surface area contributed by atoms with Crippen LogP contribution in [0.15, 0.2) is 60.7 Å². The van der Waals surface area contributed by atoms with Gasteiger partial charge < -0.3 is 5.73 Å². The van der Waals surface area contributed by atoms with Crippen molar-refractivity contribution in [2.45, 2.75) is 0 Å². The van der Waals surface area contributed by atoms with Crippen molar-refractivity contribution >= 4 is 27.2 Å². The van der Waals surface area contributed by atoms with Gasteiger partial charge in [0.2, 0.25) is 0 Å². The summed E-state index contributed by atoms with van der Waals surface area (Å²) >= 11 is 1.53. The molecule has 0 radical (unpaired) electrons. The number of benzene rings is 3. The monoisotopic (exact) mass is 338 g/mol. The number of halogens is 2. The van der Waals surface area contributed by atoms with Gasteiger partial charge in [0.25, 0.3) is 0 Å². The normalized spacial score (nSPS) is 11.1. The van der Waals surface area contributed by atoms with Gasteiger partial charge in [-0.25, -0.2) is 13.8 Å². The molecule has 0 saturated carbocycles. The van der Waals surface area contributed by atoms with Crippen molar-refractivity contribution in [3.05, 3.63) is 72.3 Å². The lowest BCUT2D eigenvalue weighted by Gasteiger charge is -2.10. The van der Waals surface area contributed by atoms with Crippen LogP contribution in [0.1, 0.15) is 0 Å². The fourth-order valence-corrected chi connectivity index (χ4v) is 3.67. The molecule has 0 unspecified atom stereocenters. The summed E-state index contributed by atoms with van der Waals surface area (Å²) in [6, 6.07) is 16.6. The van der Waals surface area contributed by atoms with Gasteiger partial charge in [-0.2, -0.15) is 0 Å². The van der Waals surface area contributed by atoms with Crippen LogP contribution in [0.5, 0.6) is 0 Å². The van der Waals surface area contributed by atoms with Crippen LogP contribution in [0.2, 0.25) is 0 Å². The number of rotatable bonds is 2. The molecule has 0 fully saturated rings. The van der Waals surface area contributed by atoms with E-state index in [1.54, 1.807) is 12.1 Å². The number of para-hydroxylation sites is 1. The van der Waals surface area contributed by atoms with Crippen molar-refractivity contribution in [1.29, 1.82) is 0 Å². The smallest absolute Gasteiger partial charge is 0.133 e. The van der Waals surface area contributed by atoms with E-state index >= 15 is 0 Å². The fraction of sp³-hybridized carbons (Fsp3) is 0. The highest BCUT2D eigenvalue weighted by Gasteiger charge is 2.15. The number of fused-ring (bicyclic) bond motifs is 1. The van der Waals surface area contributed by atoms with E-state index in [1.807, 2.05) is 30.3 Å². The van der Waals surface area contributed by atoms with E-state index in [-0.39, 0.29) is 0 Å². The van der Waals surface area contributed by atoms with E-state index in [9.17, 15) is 8.78 Å². The molecule has 0 spiro atoms. The number of aromatic nitrogens is 1. The average Bonchev–Trinajstić information content (AvgIpc) is 2.98. The van der Waals surface area contributed by atoms with Crippen LogP contribution >= 0.6 is 11.3 Å². The Morgan fingerprint density at radius 1 is 0.833 bits per heavy atom. The van der Waals surface area contributed by atoms with Gasteiger partial charge >= 0.3 is 0 Å². The molecule has 0 bridgehead atoms. The molecule has 0 saturated heterocycles. The highest BCUT2D eigenvalue weighted by molar-refractivity contribution is 7.21. The first kappa shape index (κ1) is 14.8. The minimum atomic E-state index is -0.622. The van der Waals surface area contributed by atoms with Gasteiger partial charge in [0, 0.05) is 22.9 Å². The lowest BCUT2D eigenvalue weighted by Crippen LogP contribution is -1.92. The van der Waals surface area contributed by atoms with E-state index in [4.69, 9.17) is 5.73 Å². The van der Waals surface area contributed by atoms with Crippen LogP contribution in [-0.2, 0) is 0 Å². The lowest BCUT2D eigenvalue weighted by atomic mass is 9.98. The summed E-state index contributed by atoms with van der Waals surface area (Å²) in [7, 11) is 0. The molecule has 1 heterocycles. The largest absolute Gasteiger partial charge is 0.399 e. The number of nitrogen functional groups attached to an aromatic ring is 1. The molecular weight excluding hydrogens is 326 g/mol. The summed E-state index contributed by atoms with van der Waals surface area (Å²) in [4.78, 5) is 4.63. The predicted octanol–water partition coefficient (Wildman–Crippen LogP) is 5.49. The average molecular weight is 338 g/mol. The molecule has 2 nitrogen and oxygen atoms in total. The predicted molar refractivity (Wildman–Crippen MR) is 94.8 cm³/mol. The van der Waals surface area contributed by atoms with E-state index in [2.05, 4.69) is 4.98 Å². The van der Waals surface area contributed by atoms with Crippen LogP contribution in [0, 0.1) is 11.6 Å². The summed E-state index contributed by atoms with van der Waals surface area (Å²) in [5.74, 6) is -1.23. The van der Waals surface area contributed by atoms with Gasteiger partial charge in [-0.15, -0.1) is 11.3 Å². The Kier molecular flexibility index (Phi) is 3.50. The SMILES string of the molecule is Nc1ccc(-c2nc3ccccc3s2)c(-c2ccc(F)cc2F)c1. The zero-order valence-electron chi connectivity index (χ0n) is 12.5. The van der Waals surface area contributed by atoms with Gasteiger partial charge in [-0.05, 0) is 48.0 Å². The number of nitrogens with two attached hydrogens (primary N) is 1. The number of anilines is 1. The van der Waals surface area contributed by atoms with Gasteiger partial charge in [0.15, 0.2) is 0 Å². The molecule has 0 aliphatic rings. The summed E-state index contributed by atoms with van der Waals surface area (Å²) in [6.45, 7) is 0. The van der Waals surface area contributed by atoms with Gasteiger partial charge in [-0.1, -0.05) is 12.1 Å². The second-order valence-corrected chi connectivity index (χ2v) is 6.45. The van der Waals surface area contributed by atoms with E-state index < -0.39 is 11.6 Å². The number of nitrogens with zero attached hydrogens (tertiary/aromatic N) is 1. The second kappa shape index (κ2) is 5.69. The standard InChI is InChI=1S/C19H12F2N2S/c20-11-5-7-13(16(21)9-11)15-10-12(22)6-8-14(15)19-23-17-3-1-2-4-18(17)24-19/h1-10H,22H2. The quantitative estimate of drug-likeness (QED) is 0.491. The number of hydrogen-bond acceptors (Lipinski definition) is 3. The first-order valence-corrected chi connectivity index (χ1v) is 8.14. The molecule has 24 heavy (non-hydrogen) atoms. The molecule has 0 aliphatic heterocycles. The molecule has 4 rings (SSSR count). The maximum absolute atomic E-state index is 14.3. The summed E-state index contributed by atoms with van der Waals surface area (Å²) in [5.41, 5.74) is 8.97. The zero-order chi connectivity index (χ0) is 16.7. The van der Waals surface area contributed by atoms with Crippen LogP contribution < -0.4 is 5.73 Å². The Labute approximate surface area is 141 Å². The summed E-state index contributed by atoms with van der Waals surface area (Å²) in [6.07, 6.45) is 0. The minimum Gasteiger partial charge on any atom is -0.399 e. The molecule has 0 atom stereocenters. The summed E-state index contributed by atoms with van der Waals surface area (Å²) < 4.78 is 28.6. The van der Waals surface area contributed by atoms with Crippen molar-refractivity contribution < 1.29 is 8.78 Å². The Balaban J connectivity index is 1.96. The van der Waals surface area contributed by atoms with E-state index in [0.29, 0.717) is 16.8 Å². The van der Waals surface area contributed by atoms with Crippen LogP contribution in [0.4, 0.5) is 14.5 Å². The molecule has 1 aromatic heterocycles. The second-order valence-electron chi connectivity index (χ2n) is 5.42. The minimum absolute atomic E-state index is 0.304. The van der Waals surface area contributed by atoms with Crippen molar-refractivity contribution in [2.24, 2.45) is 0 Å². The lowest BCUT2D eigenvalue weighted by molar-refractivity contribution is 0.585. The molecule has 4 aromatic rings. The summed E-state index contributed by atoms with van der Waals surface area (Å²) in [5, 5.41) is 0.773. The Hall–Kier alpha value is -2.79. The van der Waals surface area contributed by atoms with E-state index in [0.717, 1.165) is 26.9 Å². The highest BCUT2D eigenvalue weighted by atomic mass is 32.1. The third-order valence-corrected chi connectivity index (χ3v) is 4.86. The van der Waals surface area contributed by atoms with Crippen LogP contribution in [0.3, 0.4) is 0 Å². The fourth-order valence-electron chi connectivity index (χ4n) is 2.67. The zero-order valence-corrected chi connectivity index (χ0v) is 13.3. The maximum atomic E-state index is 14.3. The Morgan fingerprint density at radius 2 is 1.62 bits per heavy atom. The number of hydrogen-bond donors (Lipinski definition) is 1. The highest BCUT2D eigenvalue weighted by Crippen LogP contribution is 2.38. The Morgan fingerprint density at radius 3 is 2.42 bits per heavy atom. The van der Waals surface area contributed by atoms with Gasteiger partial charge in [0.1, 0.15) is 16.6 Å². The van der Waals surface area contributed by atoms with Crippen molar-refractivity contribution in [3.63, 3.8) is 0 Å². The Bertz CT molecular complexity index is 1020. The molecule has 3 aromatic carbocycles. The molecule has 5 heteroatoms. The van der Waals surface area contributed by atoms with Crippen molar-refractivity contribution in [3.8, 4) is 21.7 Å². The number of thiazole rings is 1.